The zero-order valence-corrected chi connectivity index (χ0v) is 34.4. The van der Waals surface area contributed by atoms with Crippen LogP contribution in [-0.2, 0) is 29.0 Å². The molecular weight excluding hydrogens is 814 g/mol. The summed E-state index contributed by atoms with van der Waals surface area (Å²) in [6, 6.07) is 3.32. The number of nitrogens with zero attached hydrogens (tertiary/aromatic N) is 3. The number of aliphatic hydroxyl groups is 7. The molecule has 340 valence electrons. The highest BCUT2D eigenvalue weighted by Gasteiger charge is 2.51. The Balaban J connectivity index is 0.000000205. The summed E-state index contributed by atoms with van der Waals surface area (Å²) >= 11 is 0. The maximum absolute atomic E-state index is 13.2. The molecule has 0 radical (unpaired) electrons. The van der Waals surface area contributed by atoms with E-state index < -0.39 is 108 Å². The molecule has 5 fully saturated rings. The molecule has 7 rings (SSSR count). The van der Waals surface area contributed by atoms with E-state index in [1.807, 2.05) is 0 Å². The van der Waals surface area contributed by atoms with E-state index in [2.05, 4.69) is 14.2 Å². The second-order valence-electron chi connectivity index (χ2n) is 16.5. The third-order valence-electron chi connectivity index (χ3n) is 12.4. The topological polar surface area (TPSA) is 336 Å². The van der Waals surface area contributed by atoms with Gasteiger partial charge >= 0.3 is 0 Å². The van der Waals surface area contributed by atoms with E-state index in [-0.39, 0.29) is 23.7 Å². The van der Waals surface area contributed by atoms with Gasteiger partial charge in [0.05, 0.1) is 12.6 Å². The van der Waals surface area contributed by atoms with Crippen molar-refractivity contribution in [3.63, 3.8) is 0 Å². The number of sulfonamides is 1. The summed E-state index contributed by atoms with van der Waals surface area (Å²) in [5.74, 6) is 0.180. The van der Waals surface area contributed by atoms with Gasteiger partial charge < -0.3 is 87.4 Å². The Morgan fingerprint density at radius 2 is 1.35 bits per heavy atom. The van der Waals surface area contributed by atoms with E-state index in [1.165, 1.54) is 56.6 Å². The lowest BCUT2D eigenvalue weighted by Gasteiger charge is -2.48. The van der Waals surface area contributed by atoms with Gasteiger partial charge in [0.15, 0.2) is 12.6 Å². The number of benzene rings is 1. The SMILES string of the molecule is CC1=C(c2ccc(F)cc2)S(=O)(=O)N=C1N1CCC(N2CCCCC2)CC1.NC[C@H]1O[C@H](O[C@H]2[C@H](O)[C@@H](O[C@H]3O[C@H](CO)[C@@H](O)[C@H](N)[C@H]3O)[C@H](N)C[C@@H]2N)[C@H](O)[C@@H](O)[C@@H]1O. The predicted molar refractivity (Wildman–Crippen MR) is 213 cm³/mol. The van der Waals surface area contributed by atoms with Gasteiger partial charge in [0.1, 0.15) is 77.6 Å². The molecule has 60 heavy (non-hydrogen) atoms. The zero-order valence-electron chi connectivity index (χ0n) is 33.5. The third-order valence-corrected chi connectivity index (χ3v) is 13.9. The molecule has 15 atom stereocenters. The zero-order chi connectivity index (χ0) is 43.6. The largest absolute Gasteiger partial charge is 0.394 e. The number of ether oxygens (including phenoxy) is 4. The molecule has 15 N–H and O–H groups in total. The number of rotatable bonds is 8. The van der Waals surface area contributed by atoms with E-state index in [0.717, 1.165) is 25.9 Å². The van der Waals surface area contributed by atoms with E-state index in [1.54, 1.807) is 6.92 Å². The molecule has 0 spiro atoms. The van der Waals surface area contributed by atoms with Gasteiger partial charge in [0, 0.05) is 43.3 Å². The summed E-state index contributed by atoms with van der Waals surface area (Å²) in [6.45, 7) is 5.06. The predicted octanol–water partition coefficient (Wildman–Crippen LogP) is -4.04. The Kier molecular flexibility index (Phi) is 15.7. The lowest BCUT2D eigenvalue weighted by atomic mass is 9.84. The van der Waals surface area contributed by atoms with Gasteiger partial charge in [-0.2, -0.15) is 8.42 Å². The Labute approximate surface area is 348 Å². The lowest BCUT2D eigenvalue weighted by molar-refractivity contribution is -0.332. The second-order valence-corrected chi connectivity index (χ2v) is 18.0. The Hall–Kier alpha value is -2.33. The average molecular weight is 876 g/mol. The van der Waals surface area contributed by atoms with Crippen molar-refractivity contribution in [3.8, 4) is 0 Å². The fourth-order valence-corrected chi connectivity index (χ4v) is 10.4. The summed E-state index contributed by atoms with van der Waals surface area (Å²) in [4.78, 5) is 4.90. The van der Waals surface area contributed by atoms with E-state index in [9.17, 15) is 48.6 Å². The van der Waals surface area contributed by atoms with Gasteiger partial charge in [0.2, 0.25) is 0 Å². The van der Waals surface area contributed by atoms with Gasteiger partial charge in [-0.15, -0.1) is 4.40 Å². The van der Waals surface area contributed by atoms with Crippen molar-refractivity contribution in [2.24, 2.45) is 27.3 Å². The quantitative estimate of drug-likeness (QED) is 0.118. The standard InChI is InChI=1S/C20H26FN3O2S.C18H36N4O11/c1-15-19(16-5-7-17(21)8-6-16)27(25,26)22-20(15)24-13-9-18(10-14-24)23-11-3-2-4-12-23;19-2-6-10(25)12(27)13(28)18(30-6)33-16-5(21)1-4(20)15(14(16)29)32-17-11(26)8(22)9(24)7(3-23)31-17/h5-8,18H,2-4,9-14H2,1H3;4-18,23-29H,1-3,19-22H2/t;4-,5+,6-,7-,8+,9-,10-,11-,12+,13-,14-,15+,16-,17-,18-/m.1/s1. The molecule has 5 aliphatic heterocycles. The Morgan fingerprint density at radius 3 is 1.92 bits per heavy atom. The molecule has 0 bridgehead atoms. The van der Waals surface area contributed by atoms with Crippen molar-refractivity contribution in [3.05, 3.63) is 41.2 Å². The third kappa shape index (κ3) is 10.0. The van der Waals surface area contributed by atoms with Crippen molar-refractivity contribution < 1.29 is 67.5 Å². The van der Waals surface area contributed by atoms with Crippen LogP contribution in [-0.4, -0.2) is 197 Å². The van der Waals surface area contributed by atoms with Crippen molar-refractivity contribution in [2.45, 2.75) is 143 Å². The highest BCUT2D eigenvalue weighted by Crippen LogP contribution is 2.35. The van der Waals surface area contributed by atoms with E-state index >= 15 is 0 Å². The fourth-order valence-electron chi connectivity index (χ4n) is 8.91. The molecule has 1 saturated carbocycles. The van der Waals surface area contributed by atoms with Crippen LogP contribution in [0.2, 0.25) is 0 Å². The molecule has 0 unspecified atom stereocenters. The summed E-state index contributed by atoms with van der Waals surface area (Å²) in [5.41, 5.74) is 24.7. The van der Waals surface area contributed by atoms with Gasteiger partial charge in [0.25, 0.3) is 10.0 Å². The number of piperidine rings is 2. The van der Waals surface area contributed by atoms with Gasteiger partial charge in [-0.1, -0.05) is 18.6 Å². The molecule has 20 nitrogen and oxygen atoms in total. The van der Waals surface area contributed by atoms with Crippen molar-refractivity contribution in [1.29, 1.82) is 0 Å². The summed E-state index contributed by atoms with van der Waals surface area (Å²) in [7, 11) is -3.74. The smallest absolute Gasteiger partial charge is 0.285 e. The summed E-state index contributed by atoms with van der Waals surface area (Å²) < 4.78 is 64.8. The maximum Gasteiger partial charge on any atom is 0.285 e. The normalized spacial score (nSPS) is 40.5. The number of nitrogens with two attached hydrogens (primary N) is 4. The van der Waals surface area contributed by atoms with Crippen LogP contribution in [0, 0.1) is 5.82 Å². The molecule has 0 aromatic heterocycles. The first-order valence-electron chi connectivity index (χ1n) is 20.6. The molecule has 1 aromatic carbocycles. The minimum Gasteiger partial charge on any atom is -0.394 e. The molecular formula is C38H62FN7O13S. The van der Waals surface area contributed by atoms with Crippen LogP contribution in [0.1, 0.15) is 51.0 Å². The van der Waals surface area contributed by atoms with Crippen LogP contribution in [0.25, 0.3) is 4.91 Å². The molecule has 1 aliphatic carbocycles. The van der Waals surface area contributed by atoms with Crippen LogP contribution in [0.5, 0.6) is 0 Å². The average Bonchev–Trinajstić information content (AvgIpc) is 3.49. The van der Waals surface area contributed by atoms with Gasteiger partial charge in [-0.3, -0.25) is 0 Å². The number of likely N-dealkylation sites (tertiary alicyclic amines) is 2. The number of hydrogen-bond acceptors (Lipinski definition) is 19. The van der Waals surface area contributed by atoms with Crippen LogP contribution < -0.4 is 22.9 Å². The summed E-state index contributed by atoms with van der Waals surface area (Å²) in [5, 5.41) is 70.9. The first kappa shape index (κ1) is 47.2. The number of aliphatic hydroxyl groups excluding tert-OH is 7. The molecule has 5 heterocycles. The molecule has 0 amide bonds. The number of amidine groups is 1. The summed E-state index contributed by atoms with van der Waals surface area (Å²) in [6.07, 6.45) is -10.5. The monoisotopic (exact) mass is 875 g/mol. The first-order chi connectivity index (χ1) is 28.5. The second kappa shape index (κ2) is 20.0. The van der Waals surface area contributed by atoms with Gasteiger partial charge in [-0.25, -0.2) is 4.39 Å². The number of hydrogen-bond donors (Lipinski definition) is 11. The van der Waals surface area contributed by atoms with Crippen LogP contribution >= 0.6 is 0 Å². The van der Waals surface area contributed by atoms with Crippen LogP contribution in [0.3, 0.4) is 0 Å². The molecule has 1 aromatic rings. The van der Waals surface area contributed by atoms with Crippen LogP contribution in [0.4, 0.5) is 4.39 Å². The maximum atomic E-state index is 13.2. The van der Waals surface area contributed by atoms with Crippen molar-refractivity contribution >= 4 is 20.8 Å². The van der Waals surface area contributed by atoms with E-state index in [4.69, 9.17) is 41.9 Å². The Morgan fingerprint density at radius 1 is 0.783 bits per heavy atom. The number of halogens is 1. The molecule has 4 saturated heterocycles. The minimum absolute atomic E-state index is 0.0849. The first-order valence-corrected chi connectivity index (χ1v) is 22.0. The van der Waals surface area contributed by atoms with E-state index in [0.29, 0.717) is 23.0 Å². The molecule has 22 heteroatoms. The molecule has 6 aliphatic rings. The van der Waals surface area contributed by atoms with Gasteiger partial charge in [-0.05, 0) is 69.8 Å². The lowest BCUT2D eigenvalue weighted by Crippen LogP contribution is -2.68. The highest BCUT2D eigenvalue weighted by molar-refractivity contribution is 8.00. The van der Waals surface area contributed by atoms with Crippen LogP contribution in [0.15, 0.2) is 34.2 Å². The Bertz CT molecular complexity index is 1700. The highest BCUT2D eigenvalue weighted by atomic mass is 32.2. The van der Waals surface area contributed by atoms with Crippen molar-refractivity contribution in [1.82, 2.24) is 9.80 Å². The fraction of sp³-hybridized carbons (Fsp3) is 0.763. The van der Waals surface area contributed by atoms with Crippen molar-refractivity contribution in [2.75, 3.05) is 39.3 Å². The minimum atomic E-state index is -3.74.